The van der Waals surface area contributed by atoms with Crippen molar-refractivity contribution < 1.29 is 14.6 Å². The van der Waals surface area contributed by atoms with E-state index in [1.54, 1.807) is 4.90 Å². The van der Waals surface area contributed by atoms with Crippen LogP contribution in [0.2, 0.25) is 5.02 Å². The van der Waals surface area contributed by atoms with Crippen molar-refractivity contribution in [3.63, 3.8) is 0 Å². The van der Waals surface area contributed by atoms with Gasteiger partial charge in [-0.05, 0) is 31.2 Å². The summed E-state index contributed by atoms with van der Waals surface area (Å²) >= 11 is 6.00. The van der Waals surface area contributed by atoms with Gasteiger partial charge < -0.3 is 9.84 Å². The van der Waals surface area contributed by atoms with Gasteiger partial charge in [-0.25, -0.2) is 0 Å². The fraction of sp³-hybridized carbons (Fsp3) is 0.562. The minimum atomic E-state index is -0.809. The number of carboxylic acids is 1. The summed E-state index contributed by atoms with van der Waals surface area (Å²) in [6.45, 7) is 4.09. The molecule has 1 heterocycles. The molecule has 0 saturated carbocycles. The fourth-order valence-electron chi connectivity index (χ4n) is 2.72. The van der Waals surface area contributed by atoms with Crippen molar-refractivity contribution in [1.82, 2.24) is 9.80 Å². The van der Waals surface area contributed by atoms with Crippen molar-refractivity contribution in [2.45, 2.75) is 12.5 Å². The summed E-state index contributed by atoms with van der Waals surface area (Å²) < 4.78 is 5.73. The van der Waals surface area contributed by atoms with Gasteiger partial charge >= 0.3 is 5.97 Å². The average molecular weight is 327 g/mol. The van der Waals surface area contributed by atoms with Crippen molar-refractivity contribution in [3.05, 3.63) is 34.9 Å². The molecule has 0 amide bonds. The monoisotopic (exact) mass is 326 g/mol. The summed E-state index contributed by atoms with van der Waals surface area (Å²) in [5.74, 6) is -0.809. The lowest BCUT2D eigenvalue weighted by Crippen LogP contribution is -2.48. The van der Waals surface area contributed by atoms with Gasteiger partial charge in [0, 0.05) is 31.2 Å². The first-order valence-electron chi connectivity index (χ1n) is 7.51. The molecule has 1 unspecified atom stereocenters. The van der Waals surface area contributed by atoms with Gasteiger partial charge in [-0.2, -0.15) is 0 Å². The lowest BCUT2D eigenvalue weighted by atomic mass is 10.1. The fourth-order valence-corrected chi connectivity index (χ4v) is 2.93. The Hall–Kier alpha value is -1.14. The molecule has 2 rings (SSSR count). The summed E-state index contributed by atoms with van der Waals surface area (Å²) in [7, 11) is 1.81. The highest BCUT2D eigenvalue weighted by molar-refractivity contribution is 6.30. The van der Waals surface area contributed by atoms with E-state index in [2.05, 4.69) is 11.0 Å². The Bertz CT molecular complexity index is 498. The molecular formula is C16H23ClN2O3. The molecule has 0 radical (unpaired) electrons. The normalized spacial score (nSPS) is 19.5. The Balaban J connectivity index is 1.77. The summed E-state index contributed by atoms with van der Waals surface area (Å²) in [6.07, 6.45) is 1.02. The van der Waals surface area contributed by atoms with Gasteiger partial charge in [0.15, 0.2) is 0 Å². The third-order valence-corrected chi connectivity index (χ3v) is 3.98. The van der Waals surface area contributed by atoms with Crippen molar-refractivity contribution in [2.75, 3.05) is 46.4 Å². The largest absolute Gasteiger partial charge is 0.480 e. The minimum absolute atomic E-state index is 0.0440. The number of carbonyl (C=O) groups is 1. The third kappa shape index (κ3) is 5.93. The first-order valence-corrected chi connectivity index (χ1v) is 7.89. The van der Waals surface area contributed by atoms with E-state index in [1.165, 1.54) is 5.56 Å². The van der Waals surface area contributed by atoms with Crippen LogP contribution in [0.15, 0.2) is 24.3 Å². The van der Waals surface area contributed by atoms with Crippen LogP contribution in [0.25, 0.3) is 0 Å². The Morgan fingerprint density at radius 2 is 2.36 bits per heavy atom. The minimum Gasteiger partial charge on any atom is -0.480 e. The predicted molar refractivity (Wildman–Crippen MR) is 86.5 cm³/mol. The number of hydrogen-bond donors (Lipinski definition) is 1. The van der Waals surface area contributed by atoms with E-state index in [-0.39, 0.29) is 12.6 Å². The van der Waals surface area contributed by atoms with E-state index in [0.29, 0.717) is 13.2 Å². The molecule has 1 N–H and O–H groups in total. The number of hydrogen-bond acceptors (Lipinski definition) is 4. The highest BCUT2D eigenvalue weighted by atomic mass is 35.5. The number of carboxylic acid groups (broad SMARTS) is 1. The van der Waals surface area contributed by atoms with Crippen LogP contribution in [-0.4, -0.2) is 73.4 Å². The van der Waals surface area contributed by atoms with Crippen LogP contribution in [0.1, 0.15) is 5.56 Å². The van der Waals surface area contributed by atoms with Gasteiger partial charge in [-0.3, -0.25) is 14.6 Å². The van der Waals surface area contributed by atoms with E-state index < -0.39 is 5.97 Å². The van der Waals surface area contributed by atoms with Crippen molar-refractivity contribution in [1.29, 1.82) is 0 Å². The van der Waals surface area contributed by atoms with Crippen molar-refractivity contribution >= 4 is 17.6 Å². The standard InChI is InChI=1S/C16H23ClN2O3/c1-18(12-16(20)21)10-15-11-19(7-8-22-15)6-5-13-3-2-4-14(17)9-13/h2-4,9,15H,5-8,10-12H2,1H3,(H,20,21). The second-order valence-electron chi connectivity index (χ2n) is 5.76. The molecule has 0 aliphatic carbocycles. The van der Waals surface area contributed by atoms with Crippen LogP contribution >= 0.6 is 11.6 Å². The van der Waals surface area contributed by atoms with Crippen LogP contribution in [-0.2, 0) is 16.0 Å². The number of nitrogens with zero attached hydrogens (tertiary/aromatic N) is 2. The van der Waals surface area contributed by atoms with E-state index in [9.17, 15) is 4.79 Å². The SMILES string of the molecule is CN(CC(=O)O)CC1CN(CCc2cccc(Cl)c2)CCO1. The second kappa shape index (κ2) is 8.48. The van der Waals surface area contributed by atoms with Crippen molar-refractivity contribution in [2.24, 2.45) is 0 Å². The first kappa shape index (κ1) is 17.2. The van der Waals surface area contributed by atoms with Crippen LogP contribution in [0.3, 0.4) is 0 Å². The number of likely N-dealkylation sites (N-methyl/N-ethyl adjacent to an activating group) is 1. The molecule has 22 heavy (non-hydrogen) atoms. The molecule has 1 saturated heterocycles. The van der Waals surface area contributed by atoms with Gasteiger partial charge in [-0.15, -0.1) is 0 Å². The molecule has 1 aliphatic heterocycles. The molecule has 6 heteroatoms. The molecule has 1 atom stereocenters. The Labute approximate surface area is 136 Å². The number of ether oxygens (including phenoxy) is 1. The summed E-state index contributed by atoms with van der Waals surface area (Å²) in [5.41, 5.74) is 1.23. The van der Waals surface area contributed by atoms with Gasteiger partial charge in [0.25, 0.3) is 0 Å². The van der Waals surface area contributed by atoms with E-state index in [1.807, 2.05) is 25.2 Å². The number of benzene rings is 1. The van der Waals surface area contributed by atoms with Crippen LogP contribution in [0.5, 0.6) is 0 Å². The van der Waals surface area contributed by atoms with Crippen LogP contribution in [0, 0.1) is 0 Å². The zero-order valence-corrected chi connectivity index (χ0v) is 13.6. The molecule has 5 nitrogen and oxygen atoms in total. The Morgan fingerprint density at radius 3 is 3.09 bits per heavy atom. The second-order valence-corrected chi connectivity index (χ2v) is 6.20. The molecule has 1 aromatic rings. The molecule has 0 spiro atoms. The molecule has 0 bridgehead atoms. The molecule has 1 fully saturated rings. The van der Waals surface area contributed by atoms with Crippen LogP contribution in [0.4, 0.5) is 0 Å². The zero-order valence-electron chi connectivity index (χ0n) is 12.9. The molecule has 1 aliphatic rings. The number of halogens is 1. The lowest BCUT2D eigenvalue weighted by Gasteiger charge is -2.34. The average Bonchev–Trinajstić information content (AvgIpc) is 2.44. The molecular weight excluding hydrogens is 304 g/mol. The summed E-state index contributed by atoms with van der Waals surface area (Å²) in [5, 5.41) is 9.57. The Kier molecular flexibility index (Phi) is 6.64. The van der Waals surface area contributed by atoms with E-state index >= 15 is 0 Å². The number of morpholine rings is 1. The van der Waals surface area contributed by atoms with Crippen LogP contribution < -0.4 is 0 Å². The number of rotatable bonds is 7. The maximum atomic E-state index is 10.7. The highest BCUT2D eigenvalue weighted by Gasteiger charge is 2.22. The molecule has 0 aromatic heterocycles. The predicted octanol–water partition coefficient (Wildman–Crippen LogP) is 1.60. The molecule has 122 valence electrons. The number of aliphatic carboxylic acids is 1. The topological polar surface area (TPSA) is 53.0 Å². The maximum Gasteiger partial charge on any atom is 0.317 e. The smallest absolute Gasteiger partial charge is 0.317 e. The molecule has 1 aromatic carbocycles. The summed E-state index contributed by atoms with van der Waals surface area (Å²) in [4.78, 5) is 14.8. The lowest BCUT2D eigenvalue weighted by molar-refractivity contribution is -0.138. The van der Waals surface area contributed by atoms with Gasteiger partial charge in [-0.1, -0.05) is 23.7 Å². The maximum absolute atomic E-state index is 10.7. The van der Waals surface area contributed by atoms with Gasteiger partial charge in [0.05, 0.1) is 19.3 Å². The van der Waals surface area contributed by atoms with Crippen molar-refractivity contribution in [3.8, 4) is 0 Å². The van der Waals surface area contributed by atoms with Gasteiger partial charge in [0.2, 0.25) is 0 Å². The third-order valence-electron chi connectivity index (χ3n) is 3.75. The zero-order chi connectivity index (χ0) is 15.9. The Morgan fingerprint density at radius 1 is 1.55 bits per heavy atom. The van der Waals surface area contributed by atoms with Gasteiger partial charge in [0.1, 0.15) is 0 Å². The summed E-state index contributed by atoms with van der Waals surface area (Å²) in [6, 6.07) is 7.94. The highest BCUT2D eigenvalue weighted by Crippen LogP contribution is 2.13. The van der Waals surface area contributed by atoms with E-state index in [4.69, 9.17) is 21.4 Å². The van der Waals surface area contributed by atoms with E-state index in [0.717, 1.165) is 31.1 Å². The quantitative estimate of drug-likeness (QED) is 0.825. The first-order chi connectivity index (χ1) is 10.5.